The zero-order valence-corrected chi connectivity index (χ0v) is 16.6. The van der Waals surface area contributed by atoms with Crippen molar-refractivity contribution in [1.29, 1.82) is 5.26 Å². The van der Waals surface area contributed by atoms with Crippen molar-refractivity contribution in [2.75, 3.05) is 13.1 Å². The summed E-state index contributed by atoms with van der Waals surface area (Å²) < 4.78 is 27.4. The number of amides is 1. The standard InChI is InChI=1S/C17H26N4O4S/c1-6-21(7-2)26(24,25)14-8-9-16(23)20(10-14)11-15(22)19-17(5,12-18)13(3)4/h8-10,13H,6-7,11H2,1-5H3,(H,19,22)/t17-/m1/s1. The Bertz CT molecular complexity index is 850. The number of nitrogens with one attached hydrogen (secondary N) is 1. The van der Waals surface area contributed by atoms with Gasteiger partial charge in [-0.25, -0.2) is 8.42 Å². The Morgan fingerprint density at radius 3 is 2.38 bits per heavy atom. The highest BCUT2D eigenvalue weighted by molar-refractivity contribution is 7.89. The normalized spacial score (nSPS) is 14.1. The van der Waals surface area contributed by atoms with E-state index in [1.54, 1.807) is 34.6 Å². The summed E-state index contributed by atoms with van der Waals surface area (Å²) in [5, 5.41) is 11.9. The van der Waals surface area contributed by atoms with Crippen LogP contribution in [-0.4, -0.2) is 41.8 Å². The van der Waals surface area contributed by atoms with Crippen molar-refractivity contribution < 1.29 is 13.2 Å². The van der Waals surface area contributed by atoms with E-state index in [0.29, 0.717) is 13.1 Å². The number of aromatic nitrogens is 1. The van der Waals surface area contributed by atoms with Gasteiger partial charge in [0.05, 0.1) is 11.0 Å². The van der Waals surface area contributed by atoms with E-state index in [4.69, 9.17) is 0 Å². The maximum absolute atomic E-state index is 12.6. The summed E-state index contributed by atoms with van der Waals surface area (Å²) in [6, 6.07) is 4.41. The average molecular weight is 382 g/mol. The summed E-state index contributed by atoms with van der Waals surface area (Å²) in [5.74, 6) is -0.676. The molecule has 1 aromatic rings. The van der Waals surface area contributed by atoms with Crippen molar-refractivity contribution in [3.05, 3.63) is 28.7 Å². The van der Waals surface area contributed by atoms with E-state index in [9.17, 15) is 23.3 Å². The van der Waals surface area contributed by atoms with Crippen LogP contribution in [0.1, 0.15) is 34.6 Å². The molecule has 26 heavy (non-hydrogen) atoms. The average Bonchev–Trinajstić information content (AvgIpc) is 2.57. The molecule has 1 heterocycles. The van der Waals surface area contributed by atoms with Crippen molar-refractivity contribution in [2.24, 2.45) is 5.92 Å². The van der Waals surface area contributed by atoms with Crippen LogP contribution < -0.4 is 10.9 Å². The van der Waals surface area contributed by atoms with Gasteiger partial charge in [-0.3, -0.25) is 9.59 Å². The van der Waals surface area contributed by atoms with Crippen LogP contribution >= 0.6 is 0 Å². The lowest BCUT2D eigenvalue weighted by Crippen LogP contribution is -2.50. The number of rotatable bonds is 8. The molecule has 1 rings (SSSR count). The number of carbonyl (C=O) groups excluding carboxylic acids is 1. The third-order valence-corrected chi connectivity index (χ3v) is 6.43. The first kappa shape index (κ1) is 21.9. The van der Waals surface area contributed by atoms with Gasteiger partial charge in [0.25, 0.3) is 5.56 Å². The van der Waals surface area contributed by atoms with Gasteiger partial charge in [0, 0.05) is 25.4 Å². The molecular weight excluding hydrogens is 356 g/mol. The lowest BCUT2D eigenvalue weighted by molar-refractivity contribution is -0.123. The molecule has 0 saturated carbocycles. The summed E-state index contributed by atoms with van der Waals surface area (Å²) in [6.07, 6.45) is 1.16. The van der Waals surface area contributed by atoms with E-state index >= 15 is 0 Å². The Morgan fingerprint density at radius 2 is 1.92 bits per heavy atom. The molecule has 8 nitrogen and oxygen atoms in total. The molecule has 0 aromatic carbocycles. The lowest BCUT2D eigenvalue weighted by atomic mass is 9.90. The fourth-order valence-electron chi connectivity index (χ4n) is 2.28. The number of hydrogen-bond acceptors (Lipinski definition) is 5. The molecule has 1 N–H and O–H groups in total. The third kappa shape index (κ3) is 4.71. The molecule has 0 aliphatic heterocycles. The fraction of sp³-hybridized carbons (Fsp3) is 0.588. The van der Waals surface area contributed by atoms with Crippen LogP contribution in [-0.2, 0) is 21.4 Å². The summed E-state index contributed by atoms with van der Waals surface area (Å²) in [4.78, 5) is 24.2. The van der Waals surface area contributed by atoms with E-state index < -0.39 is 27.0 Å². The molecule has 1 aromatic heterocycles. The Kier molecular flexibility index (Phi) is 7.12. The van der Waals surface area contributed by atoms with Gasteiger partial charge in [0.15, 0.2) is 0 Å². The van der Waals surface area contributed by atoms with Crippen molar-refractivity contribution in [2.45, 2.75) is 51.6 Å². The van der Waals surface area contributed by atoms with Gasteiger partial charge in [0.1, 0.15) is 12.1 Å². The topological polar surface area (TPSA) is 112 Å². The van der Waals surface area contributed by atoms with E-state index in [1.165, 1.54) is 10.4 Å². The van der Waals surface area contributed by atoms with Crippen LogP contribution in [0.3, 0.4) is 0 Å². The summed E-state index contributed by atoms with van der Waals surface area (Å²) in [7, 11) is -3.74. The predicted molar refractivity (Wildman–Crippen MR) is 97.8 cm³/mol. The molecule has 0 aliphatic carbocycles. The van der Waals surface area contributed by atoms with Gasteiger partial charge in [0.2, 0.25) is 15.9 Å². The molecule has 0 bridgehead atoms. The molecule has 1 amide bonds. The Labute approximate surface area is 154 Å². The smallest absolute Gasteiger partial charge is 0.251 e. The van der Waals surface area contributed by atoms with Crippen molar-refractivity contribution in [3.8, 4) is 6.07 Å². The number of nitriles is 1. The van der Waals surface area contributed by atoms with Crippen LogP contribution in [0.15, 0.2) is 28.0 Å². The van der Waals surface area contributed by atoms with Crippen molar-refractivity contribution >= 4 is 15.9 Å². The quantitative estimate of drug-likeness (QED) is 0.719. The molecule has 1 atom stereocenters. The largest absolute Gasteiger partial charge is 0.336 e. The minimum Gasteiger partial charge on any atom is -0.336 e. The number of nitrogens with zero attached hydrogens (tertiary/aromatic N) is 3. The number of sulfonamides is 1. The molecule has 9 heteroatoms. The van der Waals surface area contributed by atoms with E-state index in [-0.39, 0.29) is 17.4 Å². The number of carbonyl (C=O) groups is 1. The first-order valence-electron chi connectivity index (χ1n) is 8.44. The summed E-state index contributed by atoms with van der Waals surface area (Å²) >= 11 is 0. The molecule has 0 saturated heterocycles. The van der Waals surface area contributed by atoms with Crippen LogP contribution in [0.25, 0.3) is 0 Å². The first-order chi connectivity index (χ1) is 12.0. The van der Waals surface area contributed by atoms with Gasteiger partial charge >= 0.3 is 0 Å². The predicted octanol–water partition coefficient (Wildman–Crippen LogP) is 0.933. The van der Waals surface area contributed by atoms with Crippen LogP contribution in [0, 0.1) is 17.2 Å². The van der Waals surface area contributed by atoms with Gasteiger partial charge in [-0.05, 0) is 18.9 Å². The number of pyridine rings is 1. The molecule has 0 radical (unpaired) electrons. The van der Waals surface area contributed by atoms with Gasteiger partial charge in [-0.2, -0.15) is 9.57 Å². The van der Waals surface area contributed by atoms with E-state index in [1.807, 2.05) is 0 Å². The fourth-order valence-corrected chi connectivity index (χ4v) is 3.76. The SMILES string of the molecule is CCN(CC)S(=O)(=O)c1ccc(=O)n(CC(=O)N[C@](C)(C#N)C(C)C)c1. The van der Waals surface area contributed by atoms with Gasteiger partial charge < -0.3 is 9.88 Å². The van der Waals surface area contributed by atoms with Crippen molar-refractivity contribution in [3.63, 3.8) is 0 Å². The van der Waals surface area contributed by atoms with Crippen LogP contribution in [0.5, 0.6) is 0 Å². The van der Waals surface area contributed by atoms with E-state index in [2.05, 4.69) is 11.4 Å². The highest BCUT2D eigenvalue weighted by atomic mass is 32.2. The molecule has 144 valence electrons. The first-order valence-corrected chi connectivity index (χ1v) is 9.88. The third-order valence-electron chi connectivity index (χ3n) is 4.40. The highest BCUT2D eigenvalue weighted by Crippen LogP contribution is 2.16. The highest BCUT2D eigenvalue weighted by Gasteiger charge is 2.30. The molecular formula is C17H26N4O4S. The zero-order valence-electron chi connectivity index (χ0n) is 15.8. The minimum atomic E-state index is -3.74. The Morgan fingerprint density at radius 1 is 1.35 bits per heavy atom. The summed E-state index contributed by atoms with van der Waals surface area (Å²) in [5.41, 5.74) is -1.58. The summed E-state index contributed by atoms with van der Waals surface area (Å²) in [6.45, 7) is 8.86. The van der Waals surface area contributed by atoms with Crippen LogP contribution in [0.2, 0.25) is 0 Å². The van der Waals surface area contributed by atoms with E-state index in [0.717, 1.165) is 16.8 Å². The zero-order chi connectivity index (χ0) is 20.1. The monoisotopic (exact) mass is 382 g/mol. The number of hydrogen-bond donors (Lipinski definition) is 1. The second kappa shape index (κ2) is 8.47. The molecule has 0 spiro atoms. The Hall–Kier alpha value is -2.18. The second-order valence-corrected chi connectivity index (χ2v) is 8.38. The van der Waals surface area contributed by atoms with Gasteiger partial charge in [-0.15, -0.1) is 0 Å². The minimum absolute atomic E-state index is 0.0551. The van der Waals surface area contributed by atoms with Crippen LogP contribution in [0.4, 0.5) is 0 Å². The van der Waals surface area contributed by atoms with Gasteiger partial charge in [-0.1, -0.05) is 27.7 Å². The van der Waals surface area contributed by atoms with Crippen molar-refractivity contribution in [1.82, 2.24) is 14.2 Å². The molecule has 0 aliphatic rings. The second-order valence-electron chi connectivity index (χ2n) is 6.44. The maximum atomic E-state index is 12.6. The maximum Gasteiger partial charge on any atom is 0.251 e. The molecule has 0 fully saturated rings. The Balaban J connectivity index is 3.15. The lowest BCUT2D eigenvalue weighted by Gasteiger charge is -2.27. The molecule has 0 unspecified atom stereocenters.